The molecule has 3 amide bonds. The van der Waals surface area contributed by atoms with Crippen LogP contribution in [0.5, 0.6) is 0 Å². The van der Waals surface area contributed by atoms with E-state index in [0.717, 1.165) is 49.0 Å². The van der Waals surface area contributed by atoms with Crippen molar-refractivity contribution in [2.24, 2.45) is 9.98 Å². The van der Waals surface area contributed by atoms with Crippen molar-refractivity contribution >= 4 is 72.9 Å². The van der Waals surface area contributed by atoms with Crippen molar-refractivity contribution in [2.45, 2.75) is 13.6 Å². The van der Waals surface area contributed by atoms with E-state index in [1.54, 1.807) is 6.92 Å². The van der Waals surface area contributed by atoms with E-state index < -0.39 is 17.6 Å². The van der Waals surface area contributed by atoms with E-state index in [9.17, 15) is 9.59 Å². The van der Waals surface area contributed by atoms with Crippen molar-refractivity contribution in [1.29, 1.82) is 0 Å². The Labute approximate surface area is 115 Å². The molecule has 0 radical (unpaired) electrons. The maximum absolute atomic E-state index is 11.1. The van der Waals surface area contributed by atoms with Crippen LogP contribution in [0.25, 0.3) is 0 Å². The monoisotopic (exact) mass is 220 g/mol. The van der Waals surface area contributed by atoms with Crippen LogP contribution in [0.15, 0.2) is 9.98 Å². The van der Waals surface area contributed by atoms with E-state index >= 15 is 0 Å². The van der Waals surface area contributed by atoms with Gasteiger partial charge in [0.15, 0.2) is 11.4 Å². The SMILES string of the molecule is CC12N=CN=C1C(=O)NC(=O)N2.[CH3][K]. The molecule has 0 aromatic heterocycles. The van der Waals surface area contributed by atoms with Crippen LogP contribution in [-0.2, 0) is 4.79 Å². The molecule has 2 aliphatic heterocycles. The van der Waals surface area contributed by atoms with Gasteiger partial charge in [0.2, 0.25) is 0 Å². The van der Waals surface area contributed by atoms with Gasteiger partial charge in [-0.1, -0.05) is 0 Å². The molecule has 1 saturated heterocycles. The van der Waals surface area contributed by atoms with Crippen molar-refractivity contribution in [1.82, 2.24) is 10.6 Å². The molecule has 0 bridgehead atoms. The number of aliphatic imine (C=N–C) groups is 2. The maximum atomic E-state index is 11.1. The summed E-state index contributed by atoms with van der Waals surface area (Å²) in [4.78, 5) is 29.6. The zero-order valence-electron chi connectivity index (χ0n) is 8.29. The molecule has 14 heavy (non-hydrogen) atoms. The molecule has 2 N–H and O–H groups in total. The second-order valence-corrected chi connectivity index (χ2v) is 2.70. The van der Waals surface area contributed by atoms with E-state index in [0.29, 0.717) is 0 Å². The van der Waals surface area contributed by atoms with Crippen LogP contribution in [0.3, 0.4) is 0 Å². The normalized spacial score (nSPS) is 28.1. The summed E-state index contributed by atoms with van der Waals surface area (Å²) < 4.78 is 2.19. The van der Waals surface area contributed by atoms with Gasteiger partial charge in [-0.05, 0) is 6.92 Å². The Morgan fingerprint density at radius 1 is 1.43 bits per heavy atom. The Morgan fingerprint density at radius 2 is 2.07 bits per heavy atom. The van der Waals surface area contributed by atoms with Gasteiger partial charge in [-0.25, -0.2) is 14.8 Å². The number of imide groups is 1. The summed E-state index contributed by atoms with van der Waals surface area (Å²) in [6.07, 6.45) is 1.26. The number of rotatable bonds is 0. The summed E-state index contributed by atoms with van der Waals surface area (Å²) in [7, 11) is 0. The predicted molar refractivity (Wildman–Crippen MR) is 52.6 cm³/mol. The number of hydrogen-bond acceptors (Lipinski definition) is 4. The van der Waals surface area contributed by atoms with Gasteiger partial charge in [-0.2, -0.15) is 0 Å². The first kappa shape index (κ1) is 12.0. The quantitative estimate of drug-likeness (QED) is 0.525. The van der Waals surface area contributed by atoms with Crippen molar-refractivity contribution < 1.29 is 9.59 Å². The molecule has 0 aromatic rings. The molecule has 1 unspecified atom stereocenters. The molecule has 0 aliphatic carbocycles. The summed E-state index contributed by atoms with van der Waals surface area (Å²) in [5, 5.41) is 4.56. The van der Waals surface area contributed by atoms with E-state index in [1.807, 2.05) is 0 Å². The third-order valence-corrected chi connectivity index (χ3v) is 1.76. The first-order chi connectivity index (χ1) is 6.62. The summed E-state index contributed by atoms with van der Waals surface area (Å²) in [6.45, 7) is 1.62. The first-order valence-corrected chi connectivity index (χ1v) is 7.49. The predicted octanol–water partition coefficient (Wildman–Crippen LogP) is -0.772. The van der Waals surface area contributed by atoms with Crippen LogP contribution < -0.4 is 10.6 Å². The van der Waals surface area contributed by atoms with Crippen LogP contribution >= 0.6 is 0 Å². The average Bonchev–Trinajstić information content (AvgIpc) is 2.49. The van der Waals surface area contributed by atoms with E-state index in [4.69, 9.17) is 0 Å². The second-order valence-electron chi connectivity index (χ2n) is 2.70. The summed E-state index contributed by atoms with van der Waals surface area (Å²) >= 11 is 1.06. The Balaban J connectivity index is 0.000000461. The van der Waals surface area contributed by atoms with Gasteiger partial charge in [-0.15, -0.1) is 0 Å². The fourth-order valence-electron chi connectivity index (χ4n) is 1.17. The number of nitrogens with zero attached hydrogens (tertiary/aromatic N) is 2. The van der Waals surface area contributed by atoms with Gasteiger partial charge in [-0.3, -0.25) is 10.1 Å². The van der Waals surface area contributed by atoms with Crippen LogP contribution in [0.4, 0.5) is 4.79 Å². The van der Waals surface area contributed by atoms with Gasteiger partial charge < -0.3 is 5.32 Å². The fourth-order valence-corrected chi connectivity index (χ4v) is 1.17. The molecule has 1 atom stereocenters. The molecule has 70 valence electrons. The summed E-state index contributed by atoms with van der Waals surface area (Å²) in [5.41, 5.74) is -0.735. The van der Waals surface area contributed by atoms with Crippen molar-refractivity contribution in [3.8, 4) is 0 Å². The van der Waals surface area contributed by atoms with E-state index in [-0.39, 0.29) is 5.71 Å². The van der Waals surface area contributed by atoms with Crippen molar-refractivity contribution in [2.75, 3.05) is 0 Å². The van der Waals surface area contributed by atoms with Crippen LogP contribution in [0.1, 0.15) is 6.92 Å². The minimum absolute atomic E-state index is 0.224. The second kappa shape index (κ2) is 4.62. The van der Waals surface area contributed by atoms with E-state index in [1.165, 1.54) is 6.34 Å². The molecule has 2 rings (SSSR count). The average molecular weight is 220 g/mol. The molecular formula is C7H9KN4O2. The van der Waals surface area contributed by atoms with E-state index in [2.05, 4.69) is 21.6 Å². The molecule has 7 heteroatoms. The topological polar surface area (TPSA) is 82.9 Å². The number of carbonyl (C=O) groups is 2. The van der Waals surface area contributed by atoms with Crippen LogP contribution in [-0.4, -0.2) is 78.6 Å². The molecule has 1 fully saturated rings. The van der Waals surface area contributed by atoms with Gasteiger partial charge in [0.25, 0.3) is 5.91 Å². The Morgan fingerprint density at radius 3 is 2.71 bits per heavy atom. The number of amides is 3. The van der Waals surface area contributed by atoms with Gasteiger partial charge >= 0.3 is 56.0 Å². The molecule has 2 heterocycles. The van der Waals surface area contributed by atoms with Gasteiger partial charge in [0.1, 0.15) is 6.34 Å². The standard InChI is InChI=1S/C6H6N4O2.CH3.K/c1-6-3(7-2-8-6)4(11)9-5(12)10-6;;/h2H,1H3,(H2,9,10,11,12);1H3;. The number of hydrogen-bond donors (Lipinski definition) is 2. The zero-order valence-corrected chi connectivity index (χ0v) is 11.4. The number of fused-ring (bicyclic) bond motifs is 1. The fraction of sp³-hybridized carbons (Fsp3) is 0.429. The molecule has 0 saturated carbocycles. The Bertz CT molecular complexity index is 339. The van der Waals surface area contributed by atoms with Crippen molar-refractivity contribution in [3.63, 3.8) is 0 Å². The molecule has 0 spiro atoms. The van der Waals surface area contributed by atoms with Gasteiger partial charge in [0, 0.05) is 0 Å². The minimum atomic E-state index is -0.959. The third kappa shape index (κ3) is 2.11. The molecule has 6 nitrogen and oxygen atoms in total. The summed E-state index contributed by atoms with van der Waals surface area (Å²) in [6, 6.07) is -0.541. The van der Waals surface area contributed by atoms with Crippen molar-refractivity contribution in [3.05, 3.63) is 0 Å². The van der Waals surface area contributed by atoms with Crippen LogP contribution in [0.2, 0.25) is 1.02 Å². The number of urea groups is 1. The number of carbonyl (C=O) groups excluding carboxylic acids is 2. The third-order valence-electron chi connectivity index (χ3n) is 1.76. The van der Waals surface area contributed by atoms with Gasteiger partial charge in [0.05, 0.1) is 0 Å². The van der Waals surface area contributed by atoms with Crippen LogP contribution in [0, 0.1) is 0 Å². The Hall–Kier alpha value is -0.0836. The molecule has 2 aliphatic rings. The number of nitrogens with one attached hydrogen (secondary N) is 2. The summed E-state index contributed by atoms with van der Waals surface area (Å²) in [5.74, 6) is -0.487. The first-order valence-electron chi connectivity index (χ1n) is 4.37. The Kier molecular flexibility index (Phi) is 3.96. The molecule has 0 aromatic carbocycles. The zero-order chi connectivity index (χ0) is 10.8. The molecular weight excluding hydrogens is 211 g/mol.